The lowest BCUT2D eigenvalue weighted by atomic mass is 10.2. The van der Waals surface area contributed by atoms with Crippen LogP contribution >= 0.6 is 22.6 Å². The van der Waals surface area contributed by atoms with Crippen molar-refractivity contribution < 1.29 is 14.6 Å². The molecule has 1 N–H and O–H groups in total. The first kappa shape index (κ1) is 15.5. The second-order valence-corrected chi connectivity index (χ2v) is 5.65. The highest BCUT2D eigenvalue weighted by molar-refractivity contribution is 14.1. The maximum absolute atomic E-state index is 10.7. The lowest BCUT2D eigenvalue weighted by Gasteiger charge is -2.09. The van der Waals surface area contributed by atoms with E-state index in [9.17, 15) is 4.79 Å². The molecule has 0 aromatic heterocycles. The first-order valence-electron chi connectivity index (χ1n) is 6.34. The van der Waals surface area contributed by atoms with Crippen LogP contribution in [0.15, 0.2) is 53.5 Å². The third kappa shape index (κ3) is 4.86. The fourth-order valence-corrected chi connectivity index (χ4v) is 1.92. The average molecular weight is 395 g/mol. The van der Waals surface area contributed by atoms with E-state index in [0.717, 1.165) is 11.3 Å². The van der Waals surface area contributed by atoms with Gasteiger partial charge < -0.3 is 9.84 Å². The molecule has 0 saturated carbocycles. The van der Waals surface area contributed by atoms with Crippen molar-refractivity contribution in [2.45, 2.75) is 13.0 Å². The van der Waals surface area contributed by atoms with E-state index in [-0.39, 0.29) is 0 Å². The molecule has 2 aromatic rings. The predicted octanol–water partition coefficient (Wildman–Crippen LogP) is 3.89. The molecule has 0 fully saturated rings. The molecular weight excluding hydrogens is 381 g/mol. The summed E-state index contributed by atoms with van der Waals surface area (Å²) in [7, 11) is 0. The van der Waals surface area contributed by atoms with E-state index in [2.05, 4.69) is 27.6 Å². The zero-order valence-corrected chi connectivity index (χ0v) is 13.5. The Labute approximate surface area is 136 Å². The molecule has 21 heavy (non-hydrogen) atoms. The maximum atomic E-state index is 10.7. The number of hydrogen-bond donors (Lipinski definition) is 1. The average Bonchev–Trinajstić information content (AvgIpc) is 2.48. The van der Waals surface area contributed by atoms with Gasteiger partial charge in [0.2, 0.25) is 0 Å². The number of halogens is 1. The Hall–Kier alpha value is -1.89. The van der Waals surface area contributed by atoms with Crippen LogP contribution in [0.2, 0.25) is 0 Å². The Bertz CT molecular complexity index is 636. The fourth-order valence-electron chi connectivity index (χ4n) is 1.56. The highest BCUT2D eigenvalue weighted by Gasteiger charge is 2.11. The van der Waals surface area contributed by atoms with Crippen molar-refractivity contribution in [2.75, 3.05) is 0 Å². The van der Waals surface area contributed by atoms with Crippen LogP contribution in [-0.4, -0.2) is 23.4 Å². The Morgan fingerprint density at radius 1 is 1.19 bits per heavy atom. The van der Waals surface area contributed by atoms with E-state index in [4.69, 9.17) is 9.84 Å². The molecule has 108 valence electrons. The number of nitrogens with zero attached hydrogens (tertiary/aromatic N) is 1. The molecule has 0 heterocycles. The normalized spacial score (nSPS) is 12.3. The summed E-state index contributed by atoms with van der Waals surface area (Å²) in [6.45, 7) is 1.49. The van der Waals surface area contributed by atoms with Gasteiger partial charge >= 0.3 is 5.97 Å². The first-order chi connectivity index (χ1) is 10.0. The Morgan fingerprint density at radius 2 is 1.81 bits per heavy atom. The van der Waals surface area contributed by atoms with E-state index < -0.39 is 12.1 Å². The lowest BCUT2D eigenvalue weighted by Crippen LogP contribution is -2.22. The van der Waals surface area contributed by atoms with Crippen LogP contribution in [0.5, 0.6) is 5.75 Å². The minimum Gasteiger partial charge on any atom is -0.479 e. The molecule has 5 heteroatoms. The molecule has 0 aliphatic heterocycles. The van der Waals surface area contributed by atoms with Gasteiger partial charge in [0.05, 0.1) is 5.69 Å². The molecule has 0 amide bonds. The van der Waals surface area contributed by atoms with Crippen LogP contribution in [0, 0.1) is 3.57 Å². The zero-order valence-electron chi connectivity index (χ0n) is 11.4. The number of benzene rings is 2. The second kappa shape index (κ2) is 7.21. The van der Waals surface area contributed by atoms with Gasteiger partial charge in [-0.25, -0.2) is 4.79 Å². The van der Waals surface area contributed by atoms with E-state index in [0.29, 0.717) is 5.75 Å². The Balaban J connectivity index is 2.02. The molecule has 0 aliphatic rings. The van der Waals surface area contributed by atoms with Crippen molar-refractivity contribution in [3.63, 3.8) is 0 Å². The summed E-state index contributed by atoms with van der Waals surface area (Å²) in [6.07, 6.45) is 0.892. The highest BCUT2D eigenvalue weighted by Crippen LogP contribution is 2.16. The summed E-state index contributed by atoms with van der Waals surface area (Å²) in [5, 5.41) is 8.78. The quantitative estimate of drug-likeness (QED) is 0.617. The van der Waals surface area contributed by atoms with E-state index in [1.807, 2.05) is 36.4 Å². The summed E-state index contributed by atoms with van der Waals surface area (Å²) in [5.41, 5.74) is 1.80. The summed E-state index contributed by atoms with van der Waals surface area (Å²) in [5.74, 6) is -0.462. The predicted molar refractivity (Wildman–Crippen MR) is 90.6 cm³/mol. The summed E-state index contributed by atoms with van der Waals surface area (Å²) < 4.78 is 6.43. The van der Waals surface area contributed by atoms with Crippen LogP contribution in [0.1, 0.15) is 12.5 Å². The second-order valence-electron chi connectivity index (χ2n) is 4.40. The van der Waals surface area contributed by atoms with Gasteiger partial charge in [-0.1, -0.05) is 0 Å². The van der Waals surface area contributed by atoms with Gasteiger partial charge in [0.1, 0.15) is 5.75 Å². The molecule has 0 saturated heterocycles. The van der Waals surface area contributed by atoms with Crippen molar-refractivity contribution in [1.82, 2.24) is 0 Å². The molecule has 0 unspecified atom stereocenters. The van der Waals surface area contributed by atoms with Gasteiger partial charge in [-0.3, -0.25) is 4.99 Å². The maximum Gasteiger partial charge on any atom is 0.344 e. The zero-order chi connectivity index (χ0) is 15.2. The third-order valence-electron chi connectivity index (χ3n) is 2.73. The number of carboxylic acid groups (broad SMARTS) is 1. The van der Waals surface area contributed by atoms with Gasteiger partial charge in [-0.15, -0.1) is 0 Å². The largest absolute Gasteiger partial charge is 0.479 e. The van der Waals surface area contributed by atoms with Crippen molar-refractivity contribution in [1.29, 1.82) is 0 Å². The van der Waals surface area contributed by atoms with E-state index in [1.54, 1.807) is 18.3 Å². The molecule has 2 aromatic carbocycles. The van der Waals surface area contributed by atoms with Gasteiger partial charge in [0, 0.05) is 9.78 Å². The molecule has 2 rings (SSSR count). The van der Waals surface area contributed by atoms with E-state index >= 15 is 0 Å². The van der Waals surface area contributed by atoms with Crippen LogP contribution < -0.4 is 4.74 Å². The van der Waals surface area contributed by atoms with Gasteiger partial charge in [0.15, 0.2) is 6.10 Å². The minimum atomic E-state index is -0.987. The van der Waals surface area contributed by atoms with E-state index in [1.165, 1.54) is 10.5 Å². The molecule has 0 radical (unpaired) electrons. The third-order valence-corrected chi connectivity index (χ3v) is 3.45. The van der Waals surface area contributed by atoms with Crippen LogP contribution in [0.25, 0.3) is 0 Å². The Kier molecular flexibility index (Phi) is 5.32. The smallest absolute Gasteiger partial charge is 0.344 e. The Morgan fingerprint density at radius 3 is 2.38 bits per heavy atom. The minimum absolute atomic E-state index is 0.524. The number of aliphatic imine (C=N–C) groups is 1. The van der Waals surface area contributed by atoms with Crippen LogP contribution in [0.4, 0.5) is 5.69 Å². The standard InChI is InChI=1S/C16H14INO3/c1-11(16(19)20)21-15-8-2-12(3-9-15)10-18-14-6-4-13(17)5-7-14/h2-11H,1H3,(H,19,20)/t11-/m1/s1. The number of carboxylic acids is 1. The summed E-state index contributed by atoms with van der Waals surface area (Å²) in [4.78, 5) is 15.1. The van der Waals surface area contributed by atoms with Gasteiger partial charge in [-0.05, 0) is 83.6 Å². The molecule has 4 nitrogen and oxygen atoms in total. The molecule has 1 atom stereocenters. The van der Waals surface area contributed by atoms with Crippen molar-refractivity contribution in [2.24, 2.45) is 4.99 Å². The van der Waals surface area contributed by atoms with Crippen molar-refractivity contribution in [3.05, 3.63) is 57.7 Å². The van der Waals surface area contributed by atoms with Crippen LogP contribution in [0.3, 0.4) is 0 Å². The van der Waals surface area contributed by atoms with Gasteiger partial charge in [0.25, 0.3) is 0 Å². The molecular formula is C16H14INO3. The number of aliphatic carboxylic acids is 1. The number of hydrogen-bond acceptors (Lipinski definition) is 3. The number of ether oxygens (including phenoxy) is 1. The molecule has 0 bridgehead atoms. The molecule has 0 spiro atoms. The van der Waals surface area contributed by atoms with Gasteiger partial charge in [-0.2, -0.15) is 0 Å². The summed E-state index contributed by atoms with van der Waals surface area (Å²) >= 11 is 2.25. The monoisotopic (exact) mass is 395 g/mol. The first-order valence-corrected chi connectivity index (χ1v) is 7.41. The number of carbonyl (C=O) groups is 1. The number of rotatable bonds is 5. The summed E-state index contributed by atoms with van der Waals surface area (Å²) in [6, 6.07) is 15.0. The topological polar surface area (TPSA) is 58.9 Å². The van der Waals surface area contributed by atoms with Crippen LogP contribution in [-0.2, 0) is 4.79 Å². The molecule has 0 aliphatic carbocycles. The fraction of sp³-hybridized carbons (Fsp3) is 0.125. The van der Waals surface area contributed by atoms with Crippen molar-refractivity contribution in [3.8, 4) is 5.75 Å². The lowest BCUT2D eigenvalue weighted by molar-refractivity contribution is -0.144. The SMILES string of the molecule is C[C@@H](Oc1ccc(C=Nc2ccc(I)cc2)cc1)C(=O)O. The van der Waals surface area contributed by atoms with Crippen molar-refractivity contribution >= 4 is 40.5 Å². The highest BCUT2D eigenvalue weighted by atomic mass is 127.